The molecule has 0 atom stereocenters. The molecular weight excluding hydrogens is 390 g/mol. The summed E-state index contributed by atoms with van der Waals surface area (Å²) in [5.41, 5.74) is 2.65. The zero-order chi connectivity index (χ0) is 17.1. The fourth-order valence-electron chi connectivity index (χ4n) is 2.31. The number of allylic oxidation sites excluding steroid dienone is 1. The van der Waals surface area contributed by atoms with Gasteiger partial charge in [0, 0.05) is 6.42 Å². The summed E-state index contributed by atoms with van der Waals surface area (Å²) in [6.07, 6.45) is 2.36. The average molecular weight is 404 g/mol. The molecule has 0 aliphatic carbocycles. The van der Waals surface area contributed by atoms with Gasteiger partial charge in [0.15, 0.2) is 0 Å². The molecule has 3 rings (SSSR count). The Hall–Kier alpha value is -2.18. The van der Waals surface area contributed by atoms with Crippen molar-refractivity contribution in [1.82, 2.24) is 4.98 Å². The van der Waals surface area contributed by atoms with Crippen LogP contribution in [0.3, 0.4) is 0 Å². The van der Waals surface area contributed by atoms with Gasteiger partial charge in [0.25, 0.3) is 0 Å². The quantitative estimate of drug-likeness (QED) is 0.616. The van der Waals surface area contributed by atoms with Gasteiger partial charge in [0.1, 0.15) is 10.8 Å². The number of nitrogens with zero attached hydrogens (tertiary/aromatic N) is 1. The van der Waals surface area contributed by atoms with E-state index in [1.165, 1.54) is 0 Å². The van der Waals surface area contributed by atoms with E-state index in [-0.39, 0.29) is 12.2 Å². The minimum absolute atomic E-state index is 0.0427. The van der Waals surface area contributed by atoms with Crippen molar-refractivity contribution in [3.05, 3.63) is 57.5 Å². The summed E-state index contributed by atoms with van der Waals surface area (Å²) in [5.74, 6) is -0.673. The van der Waals surface area contributed by atoms with Gasteiger partial charge in [-0.1, -0.05) is 18.2 Å². The summed E-state index contributed by atoms with van der Waals surface area (Å²) >= 11 is 4.85. The minimum atomic E-state index is -0.839. The van der Waals surface area contributed by atoms with E-state index >= 15 is 0 Å². The van der Waals surface area contributed by atoms with Crippen LogP contribution in [0.15, 0.2) is 46.9 Å². The van der Waals surface area contributed by atoms with Crippen molar-refractivity contribution >= 4 is 55.1 Å². The van der Waals surface area contributed by atoms with Gasteiger partial charge in [-0.15, -0.1) is 11.3 Å². The zero-order valence-corrected chi connectivity index (χ0v) is 15.0. The standard InChI is InChI=1S/C18H14BrNO3S/c19-13-10-11(5-7-15(13)21)9-12(6-8-17(22)23)18-20-14-3-1-2-4-16(14)24-18/h1-5,7,9-10,21H,6,8H2,(H,22,23)/b12-9+. The monoisotopic (exact) mass is 403 g/mol. The van der Waals surface area contributed by atoms with Crippen molar-refractivity contribution in [3.8, 4) is 5.75 Å². The smallest absolute Gasteiger partial charge is 0.303 e. The number of carboxylic acid groups (broad SMARTS) is 1. The molecule has 0 aliphatic rings. The van der Waals surface area contributed by atoms with Crippen LogP contribution in [0.5, 0.6) is 5.75 Å². The second-order valence-corrected chi connectivity index (χ2v) is 7.15. The highest BCUT2D eigenvalue weighted by Gasteiger charge is 2.11. The van der Waals surface area contributed by atoms with E-state index in [1.807, 2.05) is 30.3 Å². The number of phenols is 1. The SMILES string of the molecule is O=C(O)CC/C(=C\c1ccc(O)c(Br)c1)c1nc2ccccc2s1. The third-order valence-electron chi connectivity index (χ3n) is 3.49. The van der Waals surface area contributed by atoms with Crippen LogP contribution in [0.1, 0.15) is 23.4 Å². The molecule has 0 bridgehead atoms. The molecule has 2 aromatic carbocycles. The number of benzene rings is 2. The third-order valence-corrected chi connectivity index (χ3v) is 5.24. The minimum Gasteiger partial charge on any atom is -0.507 e. The average Bonchev–Trinajstić information content (AvgIpc) is 2.98. The van der Waals surface area contributed by atoms with Gasteiger partial charge < -0.3 is 10.2 Å². The van der Waals surface area contributed by atoms with Crippen LogP contribution >= 0.6 is 27.3 Å². The number of aliphatic carboxylic acids is 1. The number of phenolic OH excluding ortho intramolecular Hbond substituents is 1. The van der Waals surface area contributed by atoms with Crippen molar-refractivity contribution in [1.29, 1.82) is 0 Å². The zero-order valence-electron chi connectivity index (χ0n) is 12.6. The van der Waals surface area contributed by atoms with Crippen LogP contribution in [0.4, 0.5) is 0 Å². The molecule has 0 fully saturated rings. The number of fused-ring (bicyclic) bond motifs is 1. The molecule has 0 unspecified atom stereocenters. The molecule has 2 N–H and O–H groups in total. The number of para-hydroxylation sites is 1. The van der Waals surface area contributed by atoms with Gasteiger partial charge in [0.2, 0.25) is 0 Å². The van der Waals surface area contributed by atoms with Crippen LogP contribution in [0, 0.1) is 0 Å². The van der Waals surface area contributed by atoms with E-state index in [1.54, 1.807) is 29.5 Å². The summed E-state index contributed by atoms with van der Waals surface area (Å²) in [4.78, 5) is 15.6. The molecule has 0 saturated carbocycles. The molecule has 1 heterocycles. The molecule has 1 aromatic heterocycles. The second-order valence-electron chi connectivity index (χ2n) is 5.26. The molecule has 0 amide bonds. The normalized spacial score (nSPS) is 11.8. The molecule has 0 aliphatic heterocycles. The van der Waals surface area contributed by atoms with Crippen molar-refractivity contribution in [2.45, 2.75) is 12.8 Å². The van der Waals surface area contributed by atoms with Gasteiger partial charge in [-0.05, 0) is 63.8 Å². The molecular formula is C18H14BrNO3S. The molecule has 4 nitrogen and oxygen atoms in total. The van der Waals surface area contributed by atoms with Crippen molar-refractivity contribution in [2.75, 3.05) is 0 Å². The first-order valence-corrected chi connectivity index (χ1v) is 8.91. The van der Waals surface area contributed by atoms with Crippen LogP contribution in [-0.2, 0) is 4.79 Å². The van der Waals surface area contributed by atoms with Crippen LogP contribution in [0.25, 0.3) is 21.9 Å². The Balaban J connectivity index is 2.02. The van der Waals surface area contributed by atoms with E-state index in [9.17, 15) is 9.90 Å². The largest absolute Gasteiger partial charge is 0.507 e. The third kappa shape index (κ3) is 3.83. The predicted octanol–water partition coefficient (Wildman–Crippen LogP) is 5.17. The Kier molecular flexibility index (Phi) is 4.97. The Morgan fingerprint density at radius 2 is 2.00 bits per heavy atom. The van der Waals surface area contributed by atoms with E-state index in [0.717, 1.165) is 26.4 Å². The molecule has 24 heavy (non-hydrogen) atoms. The van der Waals surface area contributed by atoms with Crippen LogP contribution < -0.4 is 0 Å². The Bertz CT molecular complexity index is 900. The Morgan fingerprint density at radius 1 is 1.21 bits per heavy atom. The fourth-order valence-corrected chi connectivity index (χ4v) is 3.71. The summed E-state index contributed by atoms with van der Waals surface area (Å²) in [7, 11) is 0. The van der Waals surface area contributed by atoms with Gasteiger partial charge in [-0.2, -0.15) is 0 Å². The fraction of sp³-hybridized carbons (Fsp3) is 0.111. The second kappa shape index (κ2) is 7.15. The summed E-state index contributed by atoms with van der Waals surface area (Å²) in [6.45, 7) is 0. The number of carbonyl (C=O) groups is 1. The maximum Gasteiger partial charge on any atom is 0.303 e. The number of carboxylic acids is 1. The van der Waals surface area contributed by atoms with Gasteiger partial charge in [-0.25, -0.2) is 4.98 Å². The maximum absolute atomic E-state index is 11.0. The van der Waals surface area contributed by atoms with Gasteiger partial charge in [0.05, 0.1) is 14.7 Å². The lowest BCUT2D eigenvalue weighted by Crippen LogP contribution is -1.95. The molecule has 0 saturated heterocycles. The molecule has 3 aromatic rings. The van der Waals surface area contributed by atoms with Crippen molar-refractivity contribution in [2.24, 2.45) is 0 Å². The summed E-state index contributed by atoms with van der Waals surface area (Å²) in [5, 5.41) is 19.4. The maximum atomic E-state index is 11.0. The first kappa shape index (κ1) is 16.7. The van der Waals surface area contributed by atoms with E-state index in [4.69, 9.17) is 5.11 Å². The topological polar surface area (TPSA) is 70.4 Å². The lowest BCUT2D eigenvalue weighted by atomic mass is 10.1. The van der Waals surface area contributed by atoms with Crippen LogP contribution in [0.2, 0.25) is 0 Å². The van der Waals surface area contributed by atoms with Gasteiger partial charge >= 0.3 is 5.97 Å². The van der Waals surface area contributed by atoms with Crippen molar-refractivity contribution in [3.63, 3.8) is 0 Å². The Morgan fingerprint density at radius 3 is 2.71 bits per heavy atom. The Labute approximate surface area is 151 Å². The highest BCUT2D eigenvalue weighted by Crippen LogP contribution is 2.32. The predicted molar refractivity (Wildman–Crippen MR) is 100 cm³/mol. The van der Waals surface area contributed by atoms with Gasteiger partial charge in [-0.3, -0.25) is 4.79 Å². The number of hydrogen-bond acceptors (Lipinski definition) is 4. The lowest BCUT2D eigenvalue weighted by Gasteiger charge is -2.04. The molecule has 6 heteroatoms. The number of rotatable bonds is 5. The molecule has 0 radical (unpaired) electrons. The molecule has 122 valence electrons. The molecule has 0 spiro atoms. The number of aromatic nitrogens is 1. The number of thiazole rings is 1. The number of halogens is 1. The summed E-state index contributed by atoms with van der Waals surface area (Å²) in [6, 6.07) is 13.0. The summed E-state index contributed by atoms with van der Waals surface area (Å²) < 4.78 is 1.67. The number of hydrogen-bond donors (Lipinski definition) is 2. The lowest BCUT2D eigenvalue weighted by molar-refractivity contribution is -0.136. The highest BCUT2D eigenvalue weighted by atomic mass is 79.9. The van der Waals surface area contributed by atoms with Crippen LogP contribution in [-0.4, -0.2) is 21.2 Å². The van der Waals surface area contributed by atoms with E-state index < -0.39 is 5.97 Å². The van der Waals surface area contributed by atoms with E-state index in [0.29, 0.717) is 10.9 Å². The van der Waals surface area contributed by atoms with E-state index in [2.05, 4.69) is 20.9 Å². The van der Waals surface area contributed by atoms with Crippen molar-refractivity contribution < 1.29 is 15.0 Å². The first-order chi connectivity index (χ1) is 11.5. The number of aromatic hydroxyl groups is 1. The highest BCUT2D eigenvalue weighted by molar-refractivity contribution is 9.10. The first-order valence-electron chi connectivity index (χ1n) is 7.30.